The Morgan fingerprint density at radius 2 is 1.78 bits per heavy atom. The van der Waals surface area contributed by atoms with Gasteiger partial charge in [0.25, 0.3) is 5.56 Å². The van der Waals surface area contributed by atoms with Gasteiger partial charge in [-0.1, -0.05) is 55.8 Å². The molecule has 2 aromatic heterocycles. The second-order valence-electron chi connectivity index (χ2n) is 9.63. The highest BCUT2D eigenvalue weighted by molar-refractivity contribution is 5.76. The van der Waals surface area contributed by atoms with Crippen molar-refractivity contribution in [1.29, 1.82) is 0 Å². The summed E-state index contributed by atoms with van der Waals surface area (Å²) in [5, 5.41) is 16.8. The zero-order valence-corrected chi connectivity index (χ0v) is 24.6. The molecule has 4 rings (SSSR count). The van der Waals surface area contributed by atoms with E-state index in [1.54, 1.807) is 35.4 Å². The molecule has 10 nitrogen and oxygen atoms in total. The number of rotatable bonds is 13. The van der Waals surface area contributed by atoms with E-state index in [2.05, 4.69) is 34.5 Å². The highest BCUT2D eigenvalue weighted by Gasteiger charge is 2.18. The van der Waals surface area contributed by atoms with Crippen LogP contribution in [0.25, 0.3) is 11.0 Å². The molecular weight excluding hydrogens is 522 g/mol. The molecule has 2 aromatic carbocycles. The Hall–Kier alpha value is -4.02. The summed E-state index contributed by atoms with van der Waals surface area (Å²) in [6.45, 7) is 7.61. The lowest BCUT2D eigenvalue weighted by molar-refractivity contribution is -0.149. The number of carboxylic acid groups (broad SMARTS) is 1. The molecule has 2 N–H and O–H groups in total. The van der Waals surface area contributed by atoms with E-state index in [0.717, 1.165) is 30.6 Å². The zero-order valence-electron chi connectivity index (χ0n) is 24.6. The average molecular weight is 564 g/mol. The summed E-state index contributed by atoms with van der Waals surface area (Å²) in [5.74, 6) is 0.291. The molecule has 2 heterocycles. The minimum Gasteiger partial charge on any atom is -0.492 e. The molecule has 0 aliphatic carbocycles. The number of hydrogen-bond acceptors (Lipinski definition) is 7. The number of ether oxygens (including phenoxy) is 2. The van der Waals surface area contributed by atoms with Gasteiger partial charge >= 0.3 is 5.97 Å². The van der Waals surface area contributed by atoms with Crippen molar-refractivity contribution in [3.05, 3.63) is 87.6 Å². The molecule has 0 amide bonds. The van der Waals surface area contributed by atoms with Gasteiger partial charge in [0.15, 0.2) is 11.6 Å². The maximum Gasteiger partial charge on any atom is 0.333 e. The number of aliphatic carboxylic acids is 1. The third kappa shape index (κ3) is 8.73. The summed E-state index contributed by atoms with van der Waals surface area (Å²) in [5.41, 5.74) is 4.09. The van der Waals surface area contributed by atoms with E-state index in [1.807, 2.05) is 44.3 Å². The van der Waals surface area contributed by atoms with Crippen LogP contribution >= 0.6 is 0 Å². The van der Waals surface area contributed by atoms with Crippen LogP contribution in [0.4, 0.5) is 0 Å². The maximum atomic E-state index is 13.0. The van der Waals surface area contributed by atoms with Gasteiger partial charge in [0.05, 0.1) is 12.2 Å². The molecule has 1 atom stereocenters. The molecule has 220 valence electrons. The lowest BCUT2D eigenvalue weighted by Crippen LogP contribution is -2.27. The first-order valence-corrected chi connectivity index (χ1v) is 14.0. The lowest BCUT2D eigenvalue weighted by Gasteiger charge is -2.13. The van der Waals surface area contributed by atoms with Gasteiger partial charge in [-0.2, -0.15) is 5.10 Å². The quantitative estimate of drug-likeness (QED) is 0.251. The number of carboxylic acids is 1. The number of fused-ring (bicyclic) bond motifs is 1. The average Bonchev–Trinajstić information content (AvgIpc) is 3.26. The number of aryl methyl sites for hydroxylation is 3. The maximum absolute atomic E-state index is 13.0. The summed E-state index contributed by atoms with van der Waals surface area (Å²) in [7, 11) is 3.72. The second kappa shape index (κ2) is 15.7. The van der Waals surface area contributed by atoms with E-state index in [0.29, 0.717) is 42.4 Å². The van der Waals surface area contributed by atoms with Crippen molar-refractivity contribution in [2.24, 2.45) is 7.05 Å². The van der Waals surface area contributed by atoms with E-state index in [9.17, 15) is 14.7 Å². The normalized spacial score (nSPS) is 11.6. The third-order valence-electron chi connectivity index (χ3n) is 6.49. The van der Waals surface area contributed by atoms with E-state index in [4.69, 9.17) is 9.47 Å². The van der Waals surface area contributed by atoms with E-state index in [1.165, 1.54) is 5.56 Å². The fourth-order valence-corrected chi connectivity index (χ4v) is 4.50. The van der Waals surface area contributed by atoms with Crippen molar-refractivity contribution in [3.63, 3.8) is 0 Å². The van der Waals surface area contributed by atoms with Crippen LogP contribution in [-0.4, -0.2) is 56.8 Å². The van der Waals surface area contributed by atoms with Crippen LogP contribution in [0, 0.1) is 6.92 Å². The molecule has 0 saturated carbocycles. The molecule has 41 heavy (non-hydrogen) atoms. The second-order valence-corrected chi connectivity index (χ2v) is 9.63. The van der Waals surface area contributed by atoms with E-state index >= 15 is 0 Å². The minimum atomic E-state index is -0.978. The summed E-state index contributed by atoms with van der Waals surface area (Å²) >= 11 is 0. The Morgan fingerprint density at radius 3 is 2.39 bits per heavy atom. The summed E-state index contributed by atoms with van der Waals surface area (Å²) in [6.07, 6.45) is 1.14. The van der Waals surface area contributed by atoms with Gasteiger partial charge in [-0.25, -0.2) is 9.78 Å². The predicted molar refractivity (Wildman–Crippen MR) is 159 cm³/mol. The molecule has 0 aliphatic rings. The molecule has 0 spiro atoms. The molecular formula is C31H41N5O5. The van der Waals surface area contributed by atoms with Gasteiger partial charge in [-0.3, -0.25) is 14.0 Å². The van der Waals surface area contributed by atoms with Crippen molar-refractivity contribution in [2.45, 2.75) is 59.2 Å². The van der Waals surface area contributed by atoms with E-state index in [-0.39, 0.29) is 12.0 Å². The highest BCUT2D eigenvalue weighted by atomic mass is 16.5. The number of carbonyl (C=O) groups is 1. The molecule has 0 bridgehead atoms. The summed E-state index contributed by atoms with van der Waals surface area (Å²) in [6, 6.07) is 17.6. The van der Waals surface area contributed by atoms with Gasteiger partial charge in [0.1, 0.15) is 23.7 Å². The number of hydrogen-bond donors (Lipinski definition) is 2. The number of nitrogens with one attached hydrogen (secondary N) is 1. The first-order valence-electron chi connectivity index (χ1n) is 14.0. The van der Waals surface area contributed by atoms with Crippen molar-refractivity contribution >= 4 is 17.0 Å². The standard InChI is InChI=1S/C23H30N4O5.C8H11N/c1-5-7-18-20-21(26(4)25-18)22(28)27(15(3)24-20)12-13-32-17-10-8-16(9-11-17)14-19(23(29)30)31-6-2;1-9-7-8-5-3-2-4-6-8/h8-11,19H,5-7,12-14H2,1-4H3,(H,29,30);2-6,9H,7H2,1H3. The highest BCUT2D eigenvalue weighted by Crippen LogP contribution is 2.16. The predicted octanol–water partition coefficient (Wildman–Crippen LogP) is 3.91. The fraction of sp³-hybridized carbons (Fsp3) is 0.419. The van der Waals surface area contributed by atoms with Gasteiger partial charge in [-0.05, 0) is 50.6 Å². The smallest absolute Gasteiger partial charge is 0.333 e. The molecule has 0 radical (unpaired) electrons. The Labute approximate surface area is 240 Å². The van der Waals surface area contributed by atoms with Gasteiger partial charge in [0, 0.05) is 26.6 Å². The molecule has 0 saturated heterocycles. The summed E-state index contributed by atoms with van der Waals surface area (Å²) in [4.78, 5) is 28.9. The van der Waals surface area contributed by atoms with Crippen molar-refractivity contribution in [3.8, 4) is 5.75 Å². The number of benzene rings is 2. The molecule has 0 fully saturated rings. The van der Waals surface area contributed by atoms with Crippen molar-refractivity contribution < 1.29 is 19.4 Å². The van der Waals surface area contributed by atoms with Crippen LogP contribution in [0.5, 0.6) is 5.75 Å². The fourth-order valence-electron chi connectivity index (χ4n) is 4.50. The summed E-state index contributed by atoms with van der Waals surface area (Å²) < 4.78 is 14.3. The van der Waals surface area contributed by atoms with Crippen LogP contribution in [-0.2, 0) is 42.5 Å². The van der Waals surface area contributed by atoms with Crippen LogP contribution < -0.4 is 15.6 Å². The molecule has 1 unspecified atom stereocenters. The third-order valence-corrected chi connectivity index (χ3v) is 6.49. The number of aromatic nitrogens is 4. The molecule has 10 heteroatoms. The topological polar surface area (TPSA) is 120 Å². The molecule has 0 aliphatic heterocycles. The Balaban J connectivity index is 0.000000436. The largest absolute Gasteiger partial charge is 0.492 e. The van der Waals surface area contributed by atoms with Crippen LogP contribution in [0.3, 0.4) is 0 Å². The monoisotopic (exact) mass is 563 g/mol. The Morgan fingerprint density at radius 1 is 1.07 bits per heavy atom. The number of nitrogens with zero attached hydrogens (tertiary/aromatic N) is 4. The first-order chi connectivity index (χ1) is 19.8. The SMILES string of the molecule is CCCc1nn(C)c2c(=O)n(CCOc3ccc(CC(OCC)C(=O)O)cc3)c(C)nc12.CNCc1ccccc1. The Kier molecular flexibility index (Phi) is 12.1. The van der Waals surface area contributed by atoms with Crippen LogP contribution in [0.1, 0.15) is 42.9 Å². The zero-order chi connectivity index (χ0) is 29.8. The first kappa shape index (κ1) is 31.5. The van der Waals surface area contributed by atoms with Crippen molar-refractivity contribution in [2.75, 3.05) is 20.3 Å². The van der Waals surface area contributed by atoms with Gasteiger partial charge in [0.2, 0.25) is 0 Å². The van der Waals surface area contributed by atoms with E-state index < -0.39 is 12.1 Å². The van der Waals surface area contributed by atoms with Gasteiger partial charge < -0.3 is 19.9 Å². The molecule has 4 aromatic rings. The minimum absolute atomic E-state index is 0.126. The van der Waals surface area contributed by atoms with Crippen molar-refractivity contribution in [1.82, 2.24) is 24.6 Å². The Bertz CT molecular complexity index is 1450. The van der Waals surface area contributed by atoms with Crippen LogP contribution in [0.15, 0.2) is 59.4 Å². The van der Waals surface area contributed by atoms with Gasteiger partial charge in [-0.15, -0.1) is 0 Å². The lowest BCUT2D eigenvalue weighted by atomic mass is 10.1. The van der Waals surface area contributed by atoms with Crippen LogP contribution in [0.2, 0.25) is 0 Å².